The molecule has 1 aliphatic rings. The first kappa shape index (κ1) is 23.9. The smallest absolute Gasteiger partial charge is 0.340 e. The summed E-state index contributed by atoms with van der Waals surface area (Å²) in [6, 6.07) is 13.9. The van der Waals surface area contributed by atoms with E-state index in [-0.39, 0.29) is 5.91 Å². The number of hydrogen-bond donors (Lipinski definition) is 1. The minimum Gasteiger partial charge on any atom is -0.449 e. The zero-order valence-electron chi connectivity index (χ0n) is 20.6. The van der Waals surface area contributed by atoms with Crippen LogP contribution in [0.4, 0.5) is 5.69 Å². The number of para-hydroxylation sites is 1. The van der Waals surface area contributed by atoms with Crippen LogP contribution >= 0.6 is 0 Å². The van der Waals surface area contributed by atoms with Crippen LogP contribution in [0.1, 0.15) is 59.9 Å². The molecule has 1 unspecified atom stereocenters. The quantitative estimate of drug-likeness (QED) is 0.514. The number of esters is 1. The molecule has 0 aliphatic carbocycles. The maximum atomic E-state index is 13.6. The highest BCUT2D eigenvalue weighted by Crippen LogP contribution is 2.30. The first-order valence-corrected chi connectivity index (χ1v) is 12.0. The first-order chi connectivity index (χ1) is 16.3. The van der Waals surface area contributed by atoms with Crippen LogP contribution in [-0.2, 0) is 22.5 Å². The van der Waals surface area contributed by atoms with E-state index in [2.05, 4.69) is 24.1 Å². The second-order valence-electron chi connectivity index (χ2n) is 9.41. The van der Waals surface area contributed by atoms with Crippen molar-refractivity contribution in [1.82, 2.24) is 9.88 Å². The molecule has 2 heterocycles. The number of aryl methyl sites for hydroxylation is 2. The van der Waals surface area contributed by atoms with E-state index < -0.39 is 12.1 Å². The predicted octanol–water partition coefficient (Wildman–Crippen LogP) is 5.19. The third-order valence-corrected chi connectivity index (χ3v) is 6.41. The van der Waals surface area contributed by atoms with Gasteiger partial charge in [-0.05, 0) is 63.4 Å². The van der Waals surface area contributed by atoms with Crippen molar-refractivity contribution in [3.8, 4) is 0 Å². The van der Waals surface area contributed by atoms with Crippen LogP contribution < -0.4 is 5.32 Å². The standard InChI is InChI=1S/C28H33N3O3/c1-6-25(27(32)29-20-14-18(4)13-19(5)15-20)34-28(33)26-21-9-7-8-10-23(21)30-24-11-12-31(17(2)3)16-22(24)26/h7-10,13-15,17,25H,6,11-12,16H2,1-5H3,(H,29,32). The van der Waals surface area contributed by atoms with Crippen molar-refractivity contribution < 1.29 is 14.3 Å². The van der Waals surface area contributed by atoms with Crippen LogP contribution in [-0.4, -0.2) is 40.5 Å². The van der Waals surface area contributed by atoms with Gasteiger partial charge in [0.25, 0.3) is 5.91 Å². The van der Waals surface area contributed by atoms with Gasteiger partial charge >= 0.3 is 5.97 Å². The van der Waals surface area contributed by atoms with Crippen molar-refractivity contribution >= 4 is 28.5 Å². The van der Waals surface area contributed by atoms with Gasteiger partial charge < -0.3 is 10.1 Å². The summed E-state index contributed by atoms with van der Waals surface area (Å²) in [7, 11) is 0. The lowest BCUT2D eigenvalue weighted by atomic mass is 9.95. The SMILES string of the molecule is CCC(OC(=O)c1c2c(nc3ccccc13)CCN(C(C)C)C2)C(=O)Nc1cc(C)cc(C)c1. The van der Waals surface area contributed by atoms with Gasteiger partial charge in [0.1, 0.15) is 0 Å². The zero-order chi connectivity index (χ0) is 24.4. The highest BCUT2D eigenvalue weighted by Gasteiger charge is 2.30. The van der Waals surface area contributed by atoms with Crippen LogP contribution in [0.2, 0.25) is 0 Å². The molecule has 4 rings (SSSR count). The summed E-state index contributed by atoms with van der Waals surface area (Å²) in [4.78, 5) is 33.8. The van der Waals surface area contributed by atoms with E-state index in [0.717, 1.165) is 46.3 Å². The molecule has 6 nitrogen and oxygen atoms in total. The Kier molecular flexibility index (Phi) is 6.98. The molecule has 3 aromatic rings. The maximum Gasteiger partial charge on any atom is 0.340 e. The maximum absolute atomic E-state index is 13.6. The Bertz CT molecular complexity index is 1210. The molecular weight excluding hydrogens is 426 g/mol. The lowest BCUT2D eigenvalue weighted by molar-refractivity contribution is -0.124. The van der Waals surface area contributed by atoms with Crippen molar-refractivity contribution in [1.29, 1.82) is 0 Å². The number of hydrogen-bond acceptors (Lipinski definition) is 5. The van der Waals surface area contributed by atoms with Gasteiger partial charge in [-0.1, -0.05) is 31.2 Å². The summed E-state index contributed by atoms with van der Waals surface area (Å²) >= 11 is 0. The molecular formula is C28H33N3O3. The number of carbonyl (C=O) groups is 2. The molecule has 1 aliphatic heterocycles. The molecule has 1 atom stereocenters. The van der Waals surface area contributed by atoms with Crippen molar-refractivity contribution in [2.24, 2.45) is 0 Å². The molecule has 2 aromatic carbocycles. The lowest BCUT2D eigenvalue weighted by Crippen LogP contribution is -2.38. The monoisotopic (exact) mass is 459 g/mol. The van der Waals surface area contributed by atoms with Crippen molar-refractivity contribution in [3.63, 3.8) is 0 Å². The Morgan fingerprint density at radius 1 is 1.12 bits per heavy atom. The van der Waals surface area contributed by atoms with E-state index in [1.165, 1.54) is 0 Å². The van der Waals surface area contributed by atoms with Gasteiger partial charge in [-0.15, -0.1) is 0 Å². The summed E-state index contributed by atoms with van der Waals surface area (Å²) in [5, 5.41) is 3.68. The van der Waals surface area contributed by atoms with Crippen LogP contribution in [0.15, 0.2) is 42.5 Å². The minimum absolute atomic E-state index is 0.322. The Labute approximate surface area is 201 Å². The van der Waals surface area contributed by atoms with Crippen LogP contribution in [0.3, 0.4) is 0 Å². The van der Waals surface area contributed by atoms with E-state index in [0.29, 0.717) is 30.3 Å². The first-order valence-electron chi connectivity index (χ1n) is 12.0. The van der Waals surface area contributed by atoms with Gasteiger partial charge in [0, 0.05) is 47.9 Å². The van der Waals surface area contributed by atoms with Crippen molar-refractivity contribution in [2.45, 2.75) is 66.2 Å². The predicted molar refractivity (Wildman–Crippen MR) is 135 cm³/mol. The molecule has 0 bridgehead atoms. The molecule has 1 amide bonds. The van der Waals surface area contributed by atoms with E-state index in [1.807, 2.05) is 63.2 Å². The van der Waals surface area contributed by atoms with E-state index in [4.69, 9.17) is 9.72 Å². The Balaban J connectivity index is 1.65. The molecule has 34 heavy (non-hydrogen) atoms. The number of aromatic nitrogens is 1. The van der Waals surface area contributed by atoms with Gasteiger partial charge in [0.2, 0.25) is 0 Å². The molecule has 0 radical (unpaired) electrons. The van der Waals surface area contributed by atoms with Crippen molar-refractivity contribution in [2.75, 3.05) is 11.9 Å². The largest absolute Gasteiger partial charge is 0.449 e. The number of fused-ring (bicyclic) bond motifs is 2. The van der Waals surface area contributed by atoms with Crippen molar-refractivity contribution in [3.05, 3.63) is 70.4 Å². The van der Waals surface area contributed by atoms with E-state index in [9.17, 15) is 9.59 Å². The normalized spacial score (nSPS) is 14.6. The fraction of sp³-hybridized carbons (Fsp3) is 0.393. The van der Waals surface area contributed by atoms with Gasteiger partial charge in [-0.25, -0.2) is 4.79 Å². The van der Waals surface area contributed by atoms with Gasteiger partial charge in [0.15, 0.2) is 6.10 Å². The van der Waals surface area contributed by atoms with Gasteiger partial charge in [0.05, 0.1) is 11.1 Å². The minimum atomic E-state index is -0.888. The summed E-state index contributed by atoms with van der Waals surface area (Å²) < 4.78 is 5.85. The van der Waals surface area contributed by atoms with Gasteiger partial charge in [-0.2, -0.15) is 0 Å². The third-order valence-electron chi connectivity index (χ3n) is 6.41. The van der Waals surface area contributed by atoms with E-state index >= 15 is 0 Å². The number of amides is 1. The fourth-order valence-corrected chi connectivity index (χ4v) is 4.66. The molecule has 6 heteroatoms. The molecule has 1 aromatic heterocycles. The Morgan fingerprint density at radius 3 is 2.50 bits per heavy atom. The molecule has 0 saturated carbocycles. The molecule has 0 fully saturated rings. The number of nitrogens with zero attached hydrogens (tertiary/aromatic N) is 2. The van der Waals surface area contributed by atoms with Crippen LogP contribution in [0.5, 0.6) is 0 Å². The van der Waals surface area contributed by atoms with Crippen LogP contribution in [0, 0.1) is 13.8 Å². The molecule has 178 valence electrons. The zero-order valence-corrected chi connectivity index (χ0v) is 20.6. The number of carbonyl (C=O) groups excluding carboxylic acids is 2. The Hall–Kier alpha value is -3.25. The number of pyridine rings is 1. The van der Waals surface area contributed by atoms with Crippen LogP contribution in [0.25, 0.3) is 10.9 Å². The molecule has 0 saturated heterocycles. The fourth-order valence-electron chi connectivity index (χ4n) is 4.66. The third kappa shape index (κ3) is 4.97. The average Bonchev–Trinajstić information content (AvgIpc) is 2.79. The highest BCUT2D eigenvalue weighted by molar-refractivity contribution is 6.06. The second-order valence-corrected chi connectivity index (χ2v) is 9.41. The number of nitrogens with one attached hydrogen (secondary N) is 1. The Morgan fingerprint density at radius 2 is 1.82 bits per heavy atom. The van der Waals surface area contributed by atoms with Gasteiger partial charge in [-0.3, -0.25) is 14.7 Å². The molecule has 1 N–H and O–H groups in total. The average molecular weight is 460 g/mol. The lowest BCUT2D eigenvalue weighted by Gasteiger charge is -2.32. The molecule has 0 spiro atoms. The summed E-state index contributed by atoms with van der Waals surface area (Å²) in [6.07, 6.45) is 0.273. The number of benzene rings is 2. The topological polar surface area (TPSA) is 71.5 Å². The number of rotatable bonds is 6. The highest BCUT2D eigenvalue weighted by atomic mass is 16.5. The van der Waals surface area contributed by atoms with E-state index in [1.54, 1.807) is 0 Å². The second kappa shape index (κ2) is 9.94. The summed E-state index contributed by atoms with van der Waals surface area (Å²) in [5.74, 6) is -0.792. The summed E-state index contributed by atoms with van der Waals surface area (Å²) in [6.45, 7) is 11.7. The summed E-state index contributed by atoms with van der Waals surface area (Å²) in [5.41, 5.74) is 5.98. The number of anilines is 1. The number of ether oxygens (including phenoxy) is 1.